The van der Waals surface area contributed by atoms with Crippen molar-refractivity contribution < 1.29 is 27.1 Å². The largest absolute Gasteiger partial charge is 0.573 e. The maximum Gasteiger partial charge on any atom is 0.573 e. The van der Waals surface area contributed by atoms with E-state index in [9.17, 15) is 22.4 Å². The monoisotopic (exact) mass is 541 g/mol. The lowest BCUT2D eigenvalue weighted by Crippen LogP contribution is -2.46. The Labute approximate surface area is 222 Å². The Bertz CT molecular complexity index is 1440. The van der Waals surface area contributed by atoms with Gasteiger partial charge in [0.25, 0.3) is 5.91 Å². The summed E-state index contributed by atoms with van der Waals surface area (Å²) in [7, 11) is 0. The number of alkyl halides is 3. The standard InChI is InChI=1S/C28H27F4N5O2/c1-2-24-25(37-13-3-4-23(29)26(37)34-24)27(38)33-18-19-5-7-20(8-6-19)35-14-16-36(17-15-35)21-9-11-22(12-10-21)39-28(30,31)32/h3-13H,2,14-18H2,1H3,(H,33,38). The van der Waals surface area contributed by atoms with Crippen molar-refractivity contribution in [1.82, 2.24) is 14.7 Å². The number of hydrogen-bond acceptors (Lipinski definition) is 5. The predicted octanol–water partition coefficient (Wildman–Crippen LogP) is 5.19. The average molecular weight is 542 g/mol. The minimum atomic E-state index is -4.71. The first-order valence-electron chi connectivity index (χ1n) is 12.6. The molecule has 1 amide bonds. The fraction of sp³-hybridized carbons (Fsp3) is 0.286. The molecule has 0 atom stereocenters. The van der Waals surface area contributed by atoms with E-state index in [1.54, 1.807) is 24.4 Å². The van der Waals surface area contributed by atoms with Gasteiger partial charge in [0.15, 0.2) is 11.5 Å². The molecular weight excluding hydrogens is 514 g/mol. The summed E-state index contributed by atoms with van der Waals surface area (Å²) in [6, 6.07) is 16.7. The Kier molecular flexibility index (Phi) is 7.32. The highest BCUT2D eigenvalue weighted by atomic mass is 19.4. The fourth-order valence-corrected chi connectivity index (χ4v) is 4.74. The highest BCUT2D eigenvalue weighted by molar-refractivity contribution is 5.94. The average Bonchev–Trinajstić information content (AvgIpc) is 3.32. The third-order valence-electron chi connectivity index (χ3n) is 6.69. The molecule has 2 aromatic carbocycles. The highest BCUT2D eigenvalue weighted by Crippen LogP contribution is 2.27. The number of nitrogens with zero attached hydrogens (tertiary/aromatic N) is 4. The quantitative estimate of drug-likeness (QED) is 0.327. The number of carbonyl (C=O) groups is 1. The smallest absolute Gasteiger partial charge is 0.406 e. The number of imidazole rings is 1. The Morgan fingerprint density at radius 3 is 2.10 bits per heavy atom. The topological polar surface area (TPSA) is 62.1 Å². The second kappa shape index (κ2) is 10.8. The summed E-state index contributed by atoms with van der Waals surface area (Å²) in [6.07, 6.45) is -2.57. The first kappa shape index (κ1) is 26.3. The van der Waals surface area contributed by atoms with Crippen LogP contribution >= 0.6 is 0 Å². The molecule has 1 aliphatic rings. The van der Waals surface area contributed by atoms with E-state index in [-0.39, 0.29) is 17.3 Å². The maximum absolute atomic E-state index is 14.1. The van der Waals surface area contributed by atoms with E-state index in [1.165, 1.54) is 22.6 Å². The van der Waals surface area contributed by atoms with Crippen molar-refractivity contribution in [3.63, 3.8) is 0 Å². The van der Waals surface area contributed by atoms with E-state index in [4.69, 9.17) is 0 Å². The number of ether oxygens (including phenoxy) is 1. The minimum absolute atomic E-state index is 0.136. The zero-order valence-electron chi connectivity index (χ0n) is 21.2. The Morgan fingerprint density at radius 2 is 1.54 bits per heavy atom. The molecule has 204 valence electrons. The number of halogens is 4. The second-order valence-electron chi connectivity index (χ2n) is 9.18. The second-order valence-corrected chi connectivity index (χ2v) is 9.18. The number of carbonyl (C=O) groups excluding carboxylic acids is 1. The van der Waals surface area contributed by atoms with Crippen LogP contribution in [0.1, 0.15) is 28.7 Å². The molecule has 5 rings (SSSR count). The van der Waals surface area contributed by atoms with E-state index in [0.29, 0.717) is 24.4 Å². The van der Waals surface area contributed by atoms with Crippen molar-refractivity contribution >= 4 is 22.9 Å². The molecule has 1 fully saturated rings. The van der Waals surface area contributed by atoms with Crippen LogP contribution in [0.15, 0.2) is 66.9 Å². The first-order chi connectivity index (χ1) is 18.7. The lowest BCUT2D eigenvalue weighted by molar-refractivity contribution is -0.274. The summed E-state index contributed by atoms with van der Waals surface area (Å²) >= 11 is 0. The van der Waals surface area contributed by atoms with Crippen molar-refractivity contribution in [2.45, 2.75) is 26.3 Å². The summed E-state index contributed by atoms with van der Waals surface area (Å²) in [4.78, 5) is 21.6. The summed E-state index contributed by atoms with van der Waals surface area (Å²) in [5.74, 6) is -1.03. The van der Waals surface area contributed by atoms with E-state index in [2.05, 4.69) is 24.8 Å². The van der Waals surface area contributed by atoms with Gasteiger partial charge in [-0.15, -0.1) is 13.2 Å². The zero-order valence-corrected chi connectivity index (χ0v) is 21.2. The van der Waals surface area contributed by atoms with Crippen LogP contribution in [-0.2, 0) is 13.0 Å². The van der Waals surface area contributed by atoms with E-state index < -0.39 is 12.2 Å². The number of piperazine rings is 1. The SMILES string of the molecule is CCc1nc2c(F)cccn2c1C(=O)NCc1ccc(N2CCN(c3ccc(OC(F)(F)F)cc3)CC2)cc1. The van der Waals surface area contributed by atoms with Crippen LogP contribution < -0.4 is 19.9 Å². The van der Waals surface area contributed by atoms with Crippen LogP contribution in [0.3, 0.4) is 0 Å². The van der Waals surface area contributed by atoms with Gasteiger partial charge in [-0.3, -0.25) is 9.20 Å². The third-order valence-corrected chi connectivity index (χ3v) is 6.69. The molecule has 11 heteroatoms. The summed E-state index contributed by atoms with van der Waals surface area (Å²) in [6.45, 7) is 5.13. The number of hydrogen-bond donors (Lipinski definition) is 1. The normalized spacial score (nSPS) is 14.1. The van der Waals surface area contributed by atoms with Gasteiger partial charge in [0, 0.05) is 50.3 Å². The molecule has 4 aromatic rings. The van der Waals surface area contributed by atoms with Crippen molar-refractivity contribution in [3.8, 4) is 5.75 Å². The molecule has 0 bridgehead atoms. The van der Waals surface area contributed by atoms with Crippen LogP contribution in [0.2, 0.25) is 0 Å². The molecule has 1 aliphatic heterocycles. The minimum Gasteiger partial charge on any atom is -0.406 e. The van der Waals surface area contributed by atoms with Crippen molar-refractivity contribution in [2.75, 3.05) is 36.0 Å². The van der Waals surface area contributed by atoms with Gasteiger partial charge >= 0.3 is 6.36 Å². The number of amides is 1. The van der Waals surface area contributed by atoms with Crippen molar-refractivity contribution in [2.24, 2.45) is 0 Å². The molecule has 2 aromatic heterocycles. The molecule has 0 unspecified atom stereocenters. The Morgan fingerprint density at radius 1 is 0.949 bits per heavy atom. The number of pyridine rings is 1. The van der Waals surface area contributed by atoms with Crippen LogP contribution in [0.4, 0.5) is 28.9 Å². The molecule has 3 heterocycles. The van der Waals surface area contributed by atoms with Gasteiger partial charge in [0.2, 0.25) is 0 Å². The van der Waals surface area contributed by atoms with Crippen molar-refractivity contribution in [1.29, 1.82) is 0 Å². The number of rotatable bonds is 7. The van der Waals surface area contributed by atoms with E-state index in [1.807, 2.05) is 31.2 Å². The fourth-order valence-electron chi connectivity index (χ4n) is 4.74. The van der Waals surface area contributed by atoms with Crippen LogP contribution in [0.5, 0.6) is 5.75 Å². The van der Waals surface area contributed by atoms with E-state index >= 15 is 0 Å². The lowest BCUT2D eigenvalue weighted by atomic mass is 10.1. The predicted molar refractivity (Wildman–Crippen MR) is 140 cm³/mol. The maximum atomic E-state index is 14.1. The number of aryl methyl sites for hydroxylation is 1. The van der Waals surface area contributed by atoms with Gasteiger partial charge in [-0.25, -0.2) is 9.37 Å². The van der Waals surface area contributed by atoms with E-state index in [0.717, 1.165) is 43.1 Å². The Hall–Kier alpha value is -4.28. The molecular formula is C28H27F4N5O2. The van der Waals surface area contributed by atoms with Crippen LogP contribution in [0.25, 0.3) is 5.65 Å². The number of fused-ring (bicyclic) bond motifs is 1. The molecule has 0 saturated carbocycles. The molecule has 39 heavy (non-hydrogen) atoms. The lowest BCUT2D eigenvalue weighted by Gasteiger charge is -2.37. The molecule has 7 nitrogen and oxygen atoms in total. The number of nitrogens with one attached hydrogen (secondary N) is 1. The van der Waals surface area contributed by atoms with Crippen molar-refractivity contribution in [3.05, 3.63) is 89.6 Å². The molecule has 1 N–H and O–H groups in total. The van der Waals surface area contributed by atoms with Gasteiger partial charge in [-0.05, 0) is 60.5 Å². The molecule has 0 aliphatic carbocycles. The third kappa shape index (κ3) is 5.92. The first-order valence-corrected chi connectivity index (χ1v) is 12.6. The number of anilines is 2. The number of aromatic nitrogens is 2. The summed E-state index contributed by atoms with van der Waals surface area (Å²) < 4.78 is 56.7. The van der Waals surface area contributed by atoms with Crippen LogP contribution in [0, 0.1) is 5.82 Å². The number of benzene rings is 2. The zero-order chi connectivity index (χ0) is 27.6. The summed E-state index contributed by atoms with van der Waals surface area (Å²) in [5.41, 5.74) is 3.82. The van der Waals surface area contributed by atoms with Gasteiger partial charge in [-0.1, -0.05) is 19.1 Å². The van der Waals surface area contributed by atoms with Gasteiger partial charge in [-0.2, -0.15) is 0 Å². The van der Waals surface area contributed by atoms with Crippen LogP contribution in [-0.4, -0.2) is 47.8 Å². The highest BCUT2D eigenvalue weighted by Gasteiger charge is 2.31. The van der Waals surface area contributed by atoms with Gasteiger partial charge in [0.1, 0.15) is 11.4 Å². The van der Waals surface area contributed by atoms with Gasteiger partial charge in [0.05, 0.1) is 5.69 Å². The molecule has 1 saturated heterocycles. The molecule has 0 spiro atoms. The molecule has 0 radical (unpaired) electrons. The summed E-state index contributed by atoms with van der Waals surface area (Å²) in [5, 5.41) is 2.91. The van der Waals surface area contributed by atoms with Gasteiger partial charge < -0.3 is 19.9 Å². The Balaban J connectivity index is 1.16.